The van der Waals surface area contributed by atoms with Crippen molar-refractivity contribution in [3.8, 4) is 0 Å². The molecule has 2 aromatic rings. The first kappa shape index (κ1) is 17.5. The van der Waals surface area contributed by atoms with E-state index in [4.69, 9.17) is 0 Å². The molecular formula is C18H20F3N3O. The number of hydrogen-bond acceptors (Lipinski definition) is 2. The van der Waals surface area contributed by atoms with Gasteiger partial charge in [0.1, 0.15) is 0 Å². The Morgan fingerprint density at radius 2 is 2.00 bits per heavy atom. The van der Waals surface area contributed by atoms with Crippen molar-refractivity contribution < 1.29 is 18.0 Å². The van der Waals surface area contributed by atoms with Crippen molar-refractivity contribution in [2.45, 2.75) is 32.0 Å². The molecule has 0 unspecified atom stereocenters. The maximum absolute atomic E-state index is 12.6. The van der Waals surface area contributed by atoms with Crippen LogP contribution in [0.2, 0.25) is 0 Å². The molecular weight excluding hydrogens is 331 g/mol. The predicted molar refractivity (Wildman–Crippen MR) is 86.7 cm³/mol. The van der Waals surface area contributed by atoms with Crippen LogP contribution in [0, 0.1) is 5.92 Å². The maximum Gasteiger partial charge on any atom is 0.416 e. The Balaban J connectivity index is 1.57. The van der Waals surface area contributed by atoms with Gasteiger partial charge in [-0.3, -0.25) is 4.79 Å². The minimum absolute atomic E-state index is 0.0323. The predicted octanol–water partition coefficient (Wildman–Crippen LogP) is 3.38. The first-order valence-electron chi connectivity index (χ1n) is 8.31. The maximum atomic E-state index is 12.6. The number of benzene rings is 1. The van der Waals surface area contributed by atoms with Crippen molar-refractivity contribution in [3.63, 3.8) is 0 Å². The smallest absolute Gasteiger partial charge is 0.342 e. The first-order chi connectivity index (χ1) is 11.9. The topological polar surface area (TPSA) is 38.1 Å². The highest BCUT2D eigenvalue weighted by Crippen LogP contribution is 2.29. The van der Waals surface area contributed by atoms with Crippen LogP contribution in [0.25, 0.3) is 0 Å². The SMILES string of the molecule is O=C(Cc1ccc(C(F)(F)F)cc1)N1CCC[C@H](Cn2ccnc2)C1. The fraction of sp³-hybridized carbons (Fsp3) is 0.444. The summed E-state index contributed by atoms with van der Waals surface area (Å²) in [6.07, 6.45) is 3.19. The highest BCUT2D eigenvalue weighted by molar-refractivity contribution is 5.78. The van der Waals surface area contributed by atoms with Gasteiger partial charge in [-0.05, 0) is 36.5 Å². The van der Waals surface area contributed by atoms with Crippen molar-refractivity contribution in [1.82, 2.24) is 14.5 Å². The number of amides is 1. The molecule has 1 aliphatic heterocycles. The average molecular weight is 351 g/mol. The third kappa shape index (κ3) is 4.61. The standard InChI is InChI=1S/C18H20F3N3O/c19-18(20,21)16-5-3-14(4-6-16)10-17(25)24-8-1-2-15(12-24)11-23-9-7-22-13-23/h3-7,9,13,15H,1-2,8,10-12H2/t15-/m1/s1. The third-order valence-electron chi connectivity index (χ3n) is 4.54. The van der Waals surface area contributed by atoms with Gasteiger partial charge in [0.25, 0.3) is 0 Å². The molecule has 2 heterocycles. The first-order valence-corrected chi connectivity index (χ1v) is 8.31. The number of nitrogens with zero attached hydrogens (tertiary/aromatic N) is 3. The second-order valence-corrected chi connectivity index (χ2v) is 6.48. The monoisotopic (exact) mass is 351 g/mol. The number of carbonyl (C=O) groups excluding carboxylic acids is 1. The van der Waals surface area contributed by atoms with Crippen LogP contribution in [-0.4, -0.2) is 33.4 Å². The molecule has 0 N–H and O–H groups in total. The minimum Gasteiger partial charge on any atom is -0.342 e. The Morgan fingerprint density at radius 3 is 2.64 bits per heavy atom. The number of piperidine rings is 1. The van der Waals surface area contributed by atoms with E-state index >= 15 is 0 Å². The summed E-state index contributed by atoms with van der Waals surface area (Å²) in [7, 11) is 0. The molecule has 0 bridgehead atoms. The summed E-state index contributed by atoms with van der Waals surface area (Å²) in [5, 5.41) is 0. The van der Waals surface area contributed by atoms with Gasteiger partial charge in [0.2, 0.25) is 5.91 Å². The summed E-state index contributed by atoms with van der Waals surface area (Å²) in [5.74, 6) is 0.342. The van der Waals surface area contributed by atoms with Gasteiger partial charge in [0, 0.05) is 32.0 Å². The lowest BCUT2D eigenvalue weighted by molar-refractivity contribution is -0.137. The van der Waals surface area contributed by atoms with Gasteiger partial charge >= 0.3 is 6.18 Å². The van der Waals surface area contributed by atoms with Crippen molar-refractivity contribution in [2.24, 2.45) is 5.92 Å². The fourth-order valence-electron chi connectivity index (χ4n) is 3.23. The lowest BCUT2D eigenvalue weighted by Crippen LogP contribution is -2.41. The van der Waals surface area contributed by atoms with Crippen LogP contribution >= 0.6 is 0 Å². The number of carbonyl (C=O) groups is 1. The van der Waals surface area contributed by atoms with Crippen LogP contribution in [0.4, 0.5) is 13.2 Å². The zero-order valence-corrected chi connectivity index (χ0v) is 13.7. The molecule has 1 amide bonds. The molecule has 0 aliphatic carbocycles. The molecule has 0 radical (unpaired) electrons. The van der Waals surface area contributed by atoms with E-state index in [0.29, 0.717) is 24.6 Å². The normalized spacial score (nSPS) is 18.4. The van der Waals surface area contributed by atoms with E-state index in [1.54, 1.807) is 12.5 Å². The molecule has 4 nitrogen and oxygen atoms in total. The van der Waals surface area contributed by atoms with Gasteiger partial charge in [-0.25, -0.2) is 4.98 Å². The van der Waals surface area contributed by atoms with Crippen molar-refractivity contribution in [2.75, 3.05) is 13.1 Å². The zero-order valence-electron chi connectivity index (χ0n) is 13.7. The van der Waals surface area contributed by atoms with Crippen molar-refractivity contribution in [3.05, 3.63) is 54.1 Å². The van der Waals surface area contributed by atoms with Crippen LogP contribution in [0.3, 0.4) is 0 Å². The number of alkyl halides is 3. The van der Waals surface area contributed by atoms with Crippen LogP contribution in [-0.2, 0) is 23.9 Å². The molecule has 1 aromatic heterocycles. The van der Waals surface area contributed by atoms with E-state index in [0.717, 1.165) is 31.5 Å². The summed E-state index contributed by atoms with van der Waals surface area (Å²) in [5.41, 5.74) is -0.0863. The molecule has 1 fully saturated rings. The molecule has 1 atom stereocenters. The lowest BCUT2D eigenvalue weighted by Gasteiger charge is -2.33. The Hall–Kier alpha value is -2.31. The summed E-state index contributed by atoms with van der Waals surface area (Å²) >= 11 is 0. The Kier molecular flexibility index (Phi) is 5.11. The molecule has 1 aliphatic rings. The van der Waals surface area contributed by atoms with E-state index in [2.05, 4.69) is 4.98 Å². The average Bonchev–Trinajstić information content (AvgIpc) is 3.08. The summed E-state index contributed by atoms with van der Waals surface area (Å²) in [6.45, 7) is 2.21. The Bertz CT molecular complexity index is 695. The molecule has 1 saturated heterocycles. The molecule has 134 valence electrons. The number of halogens is 3. The fourth-order valence-corrected chi connectivity index (χ4v) is 3.23. The van der Waals surface area contributed by atoms with E-state index in [9.17, 15) is 18.0 Å². The van der Waals surface area contributed by atoms with Gasteiger partial charge in [-0.15, -0.1) is 0 Å². The van der Waals surface area contributed by atoms with Crippen LogP contribution in [0.5, 0.6) is 0 Å². The summed E-state index contributed by atoms with van der Waals surface area (Å²) in [4.78, 5) is 18.3. The zero-order chi connectivity index (χ0) is 17.9. The van der Waals surface area contributed by atoms with E-state index in [1.807, 2.05) is 15.7 Å². The molecule has 0 saturated carbocycles. The lowest BCUT2D eigenvalue weighted by atomic mass is 9.97. The highest BCUT2D eigenvalue weighted by Gasteiger charge is 2.30. The van der Waals surface area contributed by atoms with Gasteiger partial charge in [0.05, 0.1) is 18.3 Å². The van der Waals surface area contributed by atoms with Crippen molar-refractivity contribution >= 4 is 5.91 Å². The quantitative estimate of drug-likeness (QED) is 0.847. The number of rotatable bonds is 4. The van der Waals surface area contributed by atoms with Gasteiger partial charge in [-0.1, -0.05) is 12.1 Å². The van der Waals surface area contributed by atoms with Gasteiger partial charge in [-0.2, -0.15) is 13.2 Å². The van der Waals surface area contributed by atoms with E-state index in [1.165, 1.54) is 12.1 Å². The highest BCUT2D eigenvalue weighted by atomic mass is 19.4. The molecule has 7 heteroatoms. The Labute approximate surface area is 144 Å². The summed E-state index contributed by atoms with van der Waals surface area (Å²) in [6, 6.07) is 4.82. The van der Waals surface area contributed by atoms with E-state index < -0.39 is 11.7 Å². The number of hydrogen-bond donors (Lipinski definition) is 0. The second-order valence-electron chi connectivity index (χ2n) is 6.48. The van der Waals surface area contributed by atoms with Crippen LogP contribution < -0.4 is 0 Å². The molecule has 3 rings (SSSR count). The second kappa shape index (κ2) is 7.29. The summed E-state index contributed by atoms with van der Waals surface area (Å²) < 4.78 is 39.8. The minimum atomic E-state index is -4.35. The Morgan fingerprint density at radius 1 is 1.24 bits per heavy atom. The number of imidazole rings is 1. The molecule has 25 heavy (non-hydrogen) atoms. The largest absolute Gasteiger partial charge is 0.416 e. The molecule has 1 aromatic carbocycles. The van der Waals surface area contributed by atoms with Crippen LogP contribution in [0.15, 0.2) is 43.0 Å². The third-order valence-corrected chi connectivity index (χ3v) is 4.54. The van der Waals surface area contributed by atoms with Crippen molar-refractivity contribution in [1.29, 1.82) is 0 Å². The number of likely N-dealkylation sites (tertiary alicyclic amines) is 1. The molecule has 0 spiro atoms. The number of aromatic nitrogens is 2. The van der Waals surface area contributed by atoms with Gasteiger partial charge in [0.15, 0.2) is 0 Å². The van der Waals surface area contributed by atoms with Crippen LogP contribution in [0.1, 0.15) is 24.0 Å². The van der Waals surface area contributed by atoms with Gasteiger partial charge < -0.3 is 9.47 Å². The van der Waals surface area contributed by atoms with E-state index in [-0.39, 0.29) is 12.3 Å².